The number of halogens is 3. The molecule has 0 aliphatic carbocycles. The van der Waals surface area contributed by atoms with Gasteiger partial charge in [0.25, 0.3) is 0 Å². The molecule has 4 aromatic rings. The fourth-order valence-electron chi connectivity index (χ4n) is 3.60. The number of ketones is 2. The van der Waals surface area contributed by atoms with Crippen molar-refractivity contribution >= 4 is 105 Å². The van der Waals surface area contributed by atoms with E-state index in [1.165, 1.54) is 0 Å². The molecule has 4 rings (SSSR count). The number of hydrogen-bond donors (Lipinski definition) is 3. The van der Waals surface area contributed by atoms with E-state index in [1.54, 1.807) is 75.4 Å². The second kappa shape index (κ2) is 27.9. The molecule has 20 heteroatoms. The van der Waals surface area contributed by atoms with E-state index in [-0.39, 0.29) is 29.9 Å². The summed E-state index contributed by atoms with van der Waals surface area (Å²) in [5.74, 6) is -2.19. The van der Waals surface area contributed by atoms with Gasteiger partial charge >= 0.3 is 26.2 Å². The van der Waals surface area contributed by atoms with Crippen LogP contribution in [0.25, 0.3) is 11.3 Å². The molecule has 0 fully saturated rings. The van der Waals surface area contributed by atoms with Gasteiger partial charge in [0, 0.05) is 38.1 Å². The number of anilines is 1. The number of alkyl halides is 1. The lowest BCUT2D eigenvalue weighted by Gasteiger charge is -2.07. The Morgan fingerprint density at radius 2 is 1.18 bits per heavy atom. The summed E-state index contributed by atoms with van der Waals surface area (Å²) in [6, 6.07) is 26.6. The van der Waals surface area contributed by atoms with Crippen molar-refractivity contribution in [3.63, 3.8) is 0 Å². The first kappa shape index (κ1) is 50.4. The van der Waals surface area contributed by atoms with Crippen molar-refractivity contribution in [3.8, 4) is 11.3 Å². The zero-order chi connectivity index (χ0) is 42.0. The number of carbonyl (C=O) groups is 5. The summed E-state index contributed by atoms with van der Waals surface area (Å²) in [6.45, 7) is 6.00. The SMILES string of the molecule is CCOC(=O)C(Cl)C(=O)c1ccccc1.CCOC(=O)CC(=O)c1ccccc1.CCOC(=O)c1sc(N)nc1-c1ccccc1.NC(N)=S.O=S(=O)(Cl)Cl. The quantitative estimate of drug-likeness (QED) is 0.0284. The number of nitrogens with zero attached hydrogens (tertiary/aromatic N) is 1. The Bertz CT molecular complexity index is 1910. The molecule has 14 nitrogen and oxygen atoms in total. The first-order valence-corrected chi connectivity index (χ1v) is 20.5. The number of nitrogen functional groups attached to an aromatic ring is 1. The molecule has 0 spiro atoms. The molecule has 0 radical (unpaired) electrons. The summed E-state index contributed by atoms with van der Waals surface area (Å²) in [7, 11) is 4.81. The van der Waals surface area contributed by atoms with Gasteiger partial charge in [0.05, 0.1) is 25.5 Å². The van der Waals surface area contributed by atoms with Crippen molar-refractivity contribution in [2.45, 2.75) is 32.6 Å². The van der Waals surface area contributed by atoms with Gasteiger partial charge in [-0.25, -0.2) is 14.6 Å². The lowest BCUT2D eigenvalue weighted by Crippen LogP contribution is -2.26. The molecule has 0 saturated carbocycles. The summed E-state index contributed by atoms with van der Waals surface area (Å²) in [6.07, 6.45) is -0.183. The Balaban J connectivity index is 0.000000718. The molecule has 0 saturated heterocycles. The zero-order valence-corrected chi connectivity index (χ0v) is 34.4. The number of hydrogen-bond acceptors (Lipinski definition) is 14. The van der Waals surface area contributed by atoms with Crippen LogP contribution in [-0.2, 0) is 32.1 Å². The lowest BCUT2D eigenvalue weighted by molar-refractivity contribution is -0.142. The molecule has 6 N–H and O–H groups in total. The van der Waals surface area contributed by atoms with Crippen LogP contribution < -0.4 is 17.2 Å². The van der Waals surface area contributed by atoms with Crippen LogP contribution in [0.15, 0.2) is 91.0 Å². The third kappa shape index (κ3) is 23.7. The van der Waals surface area contributed by atoms with Crippen LogP contribution in [0.2, 0.25) is 0 Å². The minimum absolute atomic E-state index is 0.000000000000000222. The van der Waals surface area contributed by atoms with Crippen LogP contribution in [0, 0.1) is 0 Å². The molecular weight excluding hydrogens is 839 g/mol. The van der Waals surface area contributed by atoms with Crippen LogP contribution in [0.5, 0.6) is 0 Å². The van der Waals surface area contributed by atoms with Crippen LogP contribution >= 0.6 is 56.5 Å². The molecule has 1 unspecified atom stereocenters. The van der Waals surface area contributed by atoms with E-state index in [0.717, 1.165) is 16.9 Å². The maximum atomic E-state index is 11.7. The average molecular weight is 878 g/mol. The molecule has 0 bridgehead atoms. The van der Waals surface area contributed by atoms with Crippen molar-refractivity contribution in [1.29, 1.82) is 0 Å². The van der Waals surface area contributed by atoms with Gasteiger partial charge < -0.3 is 31.4 Å². The first-order valence-electron chi connectivity index (χ1n) is 15.7. The Morgan fingerprint density at radius 1 is 0.764 bits per heavy atom. The summed E-state index contributed by atoms with van der Waals surface area (Å²) in [4.78, 5) is 61.6. The molecular formula is C35H39Cl3N4O10S3. The van der Waals surface area contributed by atoms with Gasteiger partial charge in [-0.3, -0.25) is 14.4 Å². The highest BCUT2D eigenvalue weighted by molar-refractivity contribution is 8.31. The molecule has 1 atom stereocenters. The third-order valence-corrected chi connectivity index (χ3v) is 6.88. The number of esters is 3. The maximum Gasteiger partial charge on any atom is 0.350 e. The van der Waals surface area contributed by atoms with E-state index in [0.29, 0.717) is 40.0 Å². The second-order valence-electron chi connectivity index (χ2n) is 9.71. The highest BCUT2D eigenvalue weighted by Crippen LogP contribution is 2.30. The number of ether oxygens (including phenoxy) is 3. The topological polar surface area (TPSA) is 238 Å². The number of nitrogens with two attached hydrogens (primary N) is 3. The van der Waals surface area contributed by atoms with Crippen molar-refractivity contribution in [3.05, 3.63) is 107 Å². The normalized spacial score (nSPS) is 10.3. The number of Topliss-reactive ketones (excluding diaryl/α,β-unsaturated/α-hetero) is 2. The first-order chi connectivity index (χ1) is 25.9. The smallest absolute Gasteiger partial charge is 0.350 e. The second-order valence-corrected chi connectivity index (χ2v) is 15.3. The highest BCUT2D eigenvalue weighted by Gasteiger charge is 2.26. The maximum absolute atomic E-state index is 11.7. The van der Waals surface area contributed by atoms with E-state index in [1.807, 2.05) is 36.4 Å². The minimum Gasteiger partial charge on any atom is -0.466 e. The van der Waals surface area contributed by atoms with E-state index >= 15 is 0 Å². The lowest BCUT2D eigenvalue weighted by atomic mass is 10.1. The number of aromatic nitrogens is 1. The molecule has 0 aliphatic rings. The number of rotatable bonds is 11. The summed E-state index contributed by atoms with van der Waals surface area (Å²) < 4.78 is 32.6. The van der Waals surface area contributed by atoms with E-state index < -0.39 is 31.4 Å². The molecule has 1 heterocycles. The predicted octanol–water partition coefficient (Wildman–Crippen LogP) is 6.33. The van der Waals surface area contributed by atoms with Gasteiger partial charge in [-0.15, -0.1) is 11.6 Å². The largest absolute Gasteiger partial charge is 0.466 e. The van der Waals surface area contributed by atoms with Crippen molar-refractivity contribution in [1.82, 2.24) is 4.98 Å². The number of thiazole rings is 1. The molecule has 55 heavy (non-hydrogen) atoms. The third-order valence-electron chi connectivity index (χ3n) is 5.64. The van der Waals surface area contributed by atoms with Gasteiger partial charge in [0.2, 0.25) is 0 Å². The highest BCUT2D eigenvalue weighted by atomic mass is 36.0. The van der Waals surface area contributed by atoms with Gasteiger partial charge in [-0.1, -0.05) is 102 Å². The molecule has 3 aromatic carbocycles. The number of carbonyl (C=O) groups excluding carboxylic acids is 5. The van der Waals surface area contributed by atoms with E-state index in [4.69, 9.17) is 30.5 Å². The van der Waals surface area contributed by atoms with Crippen LogP contribution in [0.3, 0.4) is 0 Å². The zero-order valence-electron chi connectivity index (χ0n) is 29.7. The summed E-state index contributed by atoms with van der Waals surface area (Å²) in [5.41, 5.74) is 17.3. The van der Waals surface area contributed by atoms with Crippen LogP contribution in [0.4, 0.5) is 5.13 Å². The molecule has 1 aromatic heterocycles. The van der Waals surface area contributed by atoms with E-state index in [9.17, 15) is 24.0 Å². The van der Waals surface area contributed by atoms with Gasteiger partial charge in [-0.2, -0.15) is 8.42 Å². The van der Waals surface area contributed by atoms with Gasteiger partial charge in [0.1, 0.15) is 11.3 Å². The predicted molar refractivity (Wildman–Crippen MR) is 219 cm³/mol. The van der Waals surface area contributed by atoms with Gasteiger partial charge in [-0.05, 0) is 33.0 Å². The fraction of sp³-hybridized carbons (Fsp3) is 0.229. The van der Waals surface area contributed by atoms with Crippen molar-refractivity contribution in [2.75, 3.05) is 25.6 Å². The Kier molecular flexibility index (Phi) is 25.5. The monoisotopic (exact) mass is 876 g/mol. The number of benzene rings is 3. The molecule has 0 aliphatic heterocycles. The van der Waals surface area contributed by atoms with Gasteiger partial charge in [0.15, 0.2) is 27.2 Å². The minimum atomic E-state index is -3.72. The van der Waals surface area contributed by atoms with Crippen LogP contribution in [0.1, 0.15) is 57.6 Å². The van der Waals surface area contributed by atoms with E-state index in [2.05, 4.69) is 59.5 Å². The Hall–Kier alpha value is -4.65. The van der Waals surface area contributed by atoms with Crippen molar-refractivity contribution < 1.29 is 46.6 Å². The molecule has 298 valence electrons. The standard InChI is InChI=1S/C12H12N2O2S.C11H11ClO3.C11H12O3.CH4N2S.Cl2O2S/c1-2-16-11(15)10-9(14-12(13)17-10)8-6-4-3-5-7-8;1-2-15-11(14)9(12)10(13)8-6-4-3-5-7-8;1-2-14-11(13)8-10(12)9-6-4-3-5-7-9;2-1(3)4;1-5(2,3)4/h3-7H,2H2,1H3,(H2,13,14);3-7,9H,2H2,1H3;3-7H,2,8H2,1H3;(H4,2,3,4);. The number of thiocarbonyl (C=S) groups is 1. The van der Waals surface area contributed by atoms with Crippen molar-refractivity contribution in [2.24, 2.45) is 11.5 Å². The average Bonchev–Trinajstić information content (AvgIpc) is 3.54. The molecule has 0 amide bonds. The van der Waals surface area contributed by atoms with Crippen LogP contribution in [-0.4, -0.2) is 73.2 Å². The summed E-state index contributed by atoms with van der Waals surface area (Å²) >= 11 is 10.9. The fourth-order valence-corrected chi connectivity index (χ4v) is 4.54. The summed E-state index contributed by atoms with van der Waals surface area (Å²) in [5, 5.41) is -0.890. The Morgan fingerprint density at radius 3 is 1.62 bits per heavy atom. The Labute approximate surface area is 342 Å².